The first-order valence-corrected chi connectivity index (χ1v) is 6.33. The third-order valence-corrected chi connectivity index (χ3v) is 2.63. The standard InChI is InChI=1S/C14H23NO3/c1-3-15-10-14(2,17)11-18-13-6-4-12(5-7-13)8-9-16/h4-7,15-17H,3,8-11H2,1-2H3. The van der Waals surface area contributed by atoms with Gasteiger partial charge in [-0.15, -0.1) is 0 Å². The maximum atomic E-state index is 10.0. The third-order valence-electron chi connectivity index (χ3n) is 2.63. The summed E-state index contributed by atoms with van der Waals surface area (Å²) in [5, 5.41) is 21.9. The summed E-state index contributed by atoms with van der Waals surface area (Å²) in [7, 11) is 0. The Morgan fingerprint density at radius 2 is 1.94 bits per heavy atom. The fourth-order valence-corrected chi connectivity index (χ4v) is 1.57. The summed E-state index contributed by atoms with van der Waals surface area (Å²) in [4.78, 5) is 0. The molecule has 1 rings (SSSR count). The van der Waals surface area contributed by atoms with Gasteiger partial charge >= 0.3 is 0 Å². The zero-order chi connectivity index (χ0) is 13.4. The first-order valence-electron chi connectivity index (χ1n) is 6.33. The average Bonchev–Trinajstić information content (AvgIpc) is 2.36. The molecule has 0 saturated carbocycles. The van der Waals surface area contributed by atoms with Gasteiger partial charge in [-0.25, -0.2) is 0 Å². The smallest absolute Gasteiger partial charge is 0.119 e. The van der Waals surface area contributed by atoms with Gasteiger partial charge in [0.15, 0.2) is 0 Å². The Labute approximate surface area is 109 Å². The molecular formula is C14H23NO3. The lowest BCUT2D eigenvalue weighted by atomic mass is 10.1. The molecule has 0 spiro atoms. The van der Waals surface area contributed by atoms with Crippen molar-refractivity contribution < 1.29 is 14.9 Å². The second kappa shape index (κ2) is 7.36. The highest BCUT2D eigenvalue weighted by Crippen LogP contribution is 2.14. The van der Waals surface area contributed by atoms with Crippen LogP contribution >= 0.6 is 0 Å². The van der Waals surface area contributed by atoms with Gasteiger partial charge in [-0.1, -0.05) is 19.1 Å². The second-order valence-corrected chi connectivity index (χ2v) is 4.68. The monoisotopic (exact) mass is 253 g/mol. The predicted molar refractivity (Wildman–Crippen MR) is 71.9 cm³/mol. The first-order chi connectivity index (χ1) is 8.57. The normalized spacial score (nSPS) is 14.2. The minimum absolute atomic E-state index is 0.150. The Balaban J connectivity index is 2.42. The van der Waals surface area contributed by atoms with Crippen LogP contribution in [0.1, 0.15) is 19.4 Å². The predicted octanol–water partition coefficient (Wildman–Crippen LogP) is 0.961. The van der Waals surface area contributed by atoms with E-state index < -0.39 is 5.60 Å². The molecule has 18 heavy (non-hydrogen) atoms. The van der Waals surface area contributed by atoms with Gasteiger partial charge in [0.2, 0.25) is 0 Å². The van der Waals surface area contributed by atoms with Crippen molar-refractivity contribution in [2.45, 2.75) is 25.9 Å². The highest BCUT2D eigenvalue weighted by molar-refractivity contribution is 5.27. The number of ether oxygens (including phenoxy) is 1. The number of hydrogen-bond acceptors (Lipinski definition) is 4. The van der Waals surface area contributed by atoms with Gasteiger partial charge in [0.05, 0.1) is 0 Å². The number of likely N-dealkylation sites (N-methyl/N-ethyl adjacent to an activating group) is 1. The van der Waals surface area contributed by atoms with Gasteiger partial charge in [0.1, 0.15) is 18.0 Å². The van der Waals surface area contributed by atoms with Crippen LogP contribution in [0.3, 0.4) is 0 Å². The molecule has 0 aliphatic rings. The lowest BCUT2D eigenvalue weighted by Crippen LogP contribution is -2.42. The highest BCUT2D eigenvalue weighted by Gasteiger charge is 2.20. The molecule has 0 saturated heterocycles. The number of benzene rings is 1. The maximum Gasteiger partial charge on any atom is 0.119 e. The molecule has 1 aromatic carbocycles. The van der Waals surface area contributed by atoms with Crippen LogP contribution in [-0.2, 0) is 6.42 Å². The van der Waals surface area contributed by atoms with Gasteiger partial charge in [-0.05, 0) is 37.6 Å². The lowest BCUT2D eigenvalue weighted by molar-refractivity contribution is 0.0127. The van der Waals surface area contributed by atoms with E-state index in [1.54, 1.807) is 6.92 Å². The van der Waals surface area contributed by atoms with Crippen molar-refractivity contribution in [3.05, 3.63) is 29.8 Å². The SMILES string of the molecule is CCNCC(C)(O)COc1ccc(CCO)cc1. The Hall–Kier alpha value is -1.10. The van der Waals surface area contributed by atoms with Crippen LogP contribution in [0.4, 0.5) is 0 Å². The van der Waals surface area contributed by atoms with E-state index in [9.17, 15) is 5.11 Å². The van der Waals surface area contributed by atoms with Crippen molar-refractivity contribution in [2.75, 3.05) is 26.3 Å². The number of rotatable bonds is 8. The molecule has 0 heterocycles. The molecule has 3 N–H and O–H groups in total. The molecule has 0 aromatic heterocycles. The van der Waals surface area contributed by atoms with Crippen LogP contribution in [-0.4, -0.2) is 42.1 Å². The molecule has 0 aliphatic heterocycles. The fourth-order valence-electron chi connectivity index (χ4n) is 1.57. The van der Waals surface area contributed by atoms with Crippen LogP contribution in [0.5, 0.6) is 5.75 Å². The van der Waals surface area contributed by atoms with E-state index in [0.29, 0.717) is 13.0 Å². The van der Waals surface area contributed by atoms with Gasteiger partial charge < -0.3 is 20.3 Å². The van der Waals surface area contributed by atoms with Crippen molar-refractivity contribution in [1.82, 2.24) is 5.32 Å². The summed E-state index contributed by atoms with van der Waals surface area (Å²) in [5.74, 6) is 0.730. The Kier molecular flexibility index (Phi) is 6.12. The van der Waals surface area contributed by atoms with E-state index in [4.69, 9.17) is 9.84 Å². The Bertz CT molecular complexity index is 335. The molecule has 0 radical (unpaired) electrons. The molecule has 1 atom stereocenters. The fraction of sp³-hybridized carbons (Fsp3) is 0.571. The molecule has 4 heteroatoms. The van der Waals surface area contributed by atoms with Crippen molar-refractivity contribution in [1.29, 1.82) is 0 Å². The van der Waals surface area contributed by atoms with E-state index in [1.807, 2.05) is 31.2 Å². The molecule has 1 unspecified atom stereocenters. The van der Waals surface area contributed by atoms with Crippen LogP contribution < -0.4 is 10.1 Å². The number of aliphatic hydroxyl groups is 2. The molecule has 0 aliphatic carbocycles. The van der Waals surface area contributed by atoms with Crippen LogP contribution in [0.15, 0.2) is 24.3 Å². The van der Waals surface area contributed by atoms with Gasteiger partial charge in [-0.3, -0.25) is 0 Å². The molecular weight excluding hydrogens is 230 g/mol. The minimum atomic E-state index is -0.875. The number of aliphatic hydroxyl groups excluding tert-OH is 1. The second-order valence-electron chi connectivity index (χ2n) is 4.68. The highest BCUT2D eigenvalue weighted by atomic mass is 16.5. The van der Waals surface area contributed by atoms with E-state index in [-0.39, 0.29) is 13.2 Å². The Morgan fingerprint density at radius 3 is 2.50 bits per heavy atom. The van der Waals surface area contributed by atoms with Crippen molar-refractivity contribution in [3.63, 3.8) is 0 Å². The van der Waals surface area contributed by atoms with Gasteiger partial charge in [0.25, 0.3) is 0 Å². The maximum absolute atomic E-state index is 10.0. The quantitative estimate of drug-likeness (QED) is 0.646. The van der Waals surface area contributed by atoms with E-state index >= 15 is 0 Å². The van der Waals surface area contributed by atoms with Crippen molar-refractivity contribution in [2.24, 2.45) is 0 Å². The summed E-state index contributed by atoms with van der Waals surface area (Å²) in [6.07, 6.45) is 0.651. The lowest BCUT2D eigenvalue weighted by Gasteiger charge is -2.23. The molecule has 102 valence electrons. The summed E-state index contributed by atoms with van der Waals surface area (Å²) >= 11 is 0. The van der Waals surface area contributed by atoms with Crippen LogP contribution in [0.2, 0.25) is 0 Å². The molecule has 0 fully saturated rings. The van der Waals surface area contributed by atoms with Crippen LogP contribution in [0, 0.1) is 0 Å². The minimum Gasteiger partial charge on any atom is -0.491 e. The van der Waals surface area contributed by atoms with E-state index in [2.05, 4.69) is 5.32 Å². The average molecular weight is 253 g/mol. The van der Waals surface area contributed by atoms with Gasteiger partial charge in [-0.2, -0.15) is 0 Å². The first kappa shape index (κ1) is 15.0. The zero-order valence-electron chi connectivity index (χ0n) is 11.1. The largest absolute Gasteiger partial charge is 0.491 e. The molecule has 0 bridgehead atoms. The summed E-state index contributed by atoms with van der Waals surface area (Å²) in [5.41, 5.74) is 0.198. The summed E-state index contributed by atoms with van der Waals surface area (Å²) < 4.78 is 5.55. The summed E-state index contributed by atoms with van der Waals surface area (Å²) in [6.45, 7) is 5.47. The van der Waals surface area contributed by atoms with Crippen LogP contribution in [0.25, 0.3) is 0 Å². The van der Waals surface area contributed by atoms with Crippen molar-refractivity contribution in [3.8, 4) is 5.75 Å². The van der Waals surface area contributed by atoms with Crippen molar-refractivity contribution >= 4 is 0 Å². The number of hydrogen-bond donors (Lipinski definition) is 3. The topological polar surface area (TPSA) is 61.7 Å². The van der Waals surface area contributed by atoms with E-state index in [0.717, 1.165) is 17.9 Å². The zero-order valence-corrected chi connectivity index (χ0v) is 11.1. The number of nitrogens with one attached hydrogen (secondary N) is 1. The summed E-state index contributed by atoms with van der Waals surface area (Å²) in [6, 6.07) is 7.55. The van der Waals surface area contributed by atoms with Gasteiger partial charge in [0, 0.05) is 13.2 Å². The molecule has 0 amide bonds. The molecule has 1 aromatic rings. The third kappa shape index (κ3) is 5.49. The van der Waals surface area contributed by atoms with E-state index in [1.165, 1.54) is 0 Å². The molecule has 4 nitrogen and oxygen atoms in total. The Morgan fingerprint density at radius 1 is 1.28 bits per heavy atom.